The molecule has 0 saturated carbocycles. The van der Waals surface area contributed by atoms with Gasteiger partial charge in [-0.3, -0.25) is 14.2 Å². The SMILES string of the molecule is O=C(Nc1ccn([C@H]2C[C@H](O)[C@@H](C(OC(=O)c3ccc(Cl)cc3)C(=O)c3ccc(Cl)cc3)O2)c(=O)n1)c1ccccc1. The van der Waals surface area contributed by atoms with Crippen molar-refractivity contribution >= 4 is 46.7 Å². The number of hydrogen-bond donors (Lipinski definition) is 2. The number of ether oxygens (including phenoxy) is 2. The Morgan fingerprint density at radius 1 is 0.905 bits per heavy atom. The number of aliphatic hydroxyl groups excluding tert-OH is 1. The zero-order valence-corrected chi connectivity index (χ0v) is 23.2. The van der Waals surface area contributed by atoms with Gasteiger partial charge in [0.2, 0.25) is 5.78 Å². The van der Waals surface area contributed by atoms with E-state index in [2.05, 4.69) is 10.3 Å². The number of aromatic nitrogens is 2. The van der Waals surface area contributed by atoms with Crippen LogP contribution in [0.15, 0.2) is 95.9 Å². The topological polar surface area (TPSA) is 137 Å². The lowest BCUT2D eigenvalue weighted by Crippen LogP contribution is -2.43. The third-order valence-corrected chi connectivity index (χ3v) is 7.06. The van der Waals surface area contributed by atoms with E-state index in [1.54, 1.807) is 30.3 Å². The van der Waals surface area contributed by atoms with Crippen molar-refractivity contribution in [3.8, 4) is 0 Å². The molecule has 2 N–H and O–H groups in total. The molecule has 4 atom stereocenters. The number of carbonyl (C=O) groups excluding carboxylic acids is 3. The summed E-state index contributed by atoms with van der Waals surface area (Å²) in [6, 6.07) is 21.6. The van der Waals surface area contributed by atoms with Gasteiger partial charge in [0.15, 0.2) is 6.10 Å². The molecule has 0 bridgehead atoms. The highest BCUT2D eigenvalue weighted by molar-refractivity contribution is 6.31. The molecular weight excluding hydrogens is 585 g/mol. The van der Waals surface area contributed by atoms with Crippen LogP contribution < -0.4 is 11.0 Å². The predicted octanol–water partition coefficient (Wildman–Crippen LogP) is 4.56. The molecule has 1 aromatic heterocycles. The first-order valence-electron chi connectivity index (χ1n) is 12.7. The molecule has 1 amide bonds. The van der Waals surface area contributed by atoms with E-state index in [1.807, 2.05) is 0 Å². The number of nitrogens with one attached hydrogen (secondary N) is 1. The van der Waals surface area contributed by atoms with Crippen LogP contribution in [0.25, 0.3) is 0 Å². The van der Waals surface area contributed by atoms with E-state index in [-0.39, 0.29) is 23.4 Å². The average Bonchev–Trinajstić information content (AvgIpc) is 3.37. The van der Waals surface area contributed by atoms with Crippen LogP contribution in [0.1, 0.15) is 43.7 Å². The molecular formula is C30H23Cl2N3O7. The number of hydrogen-bond acceptors (Lipinski definition) is 8. The number of anilines is 1. The number of esters is 1. The van der Waals surface area contributed by atoms with Crippen LogP contribution in [0.4, 0.5) is 5.82 Å². The first-order chi connectivity index (χ1) is 20.2. The second-order valence-corrected chi connectivity index (χ2v) is 10.3. The van der Waals surface area contributed by atoms with Crippen LogP contribution in [-0.2, 0) is 9.47 Å². The van der Waals surface area contributed by atoms with E-state index in [4.69, 9.17) is 32.7 Å². The van der Waals surface area contributed by atoms with Crippen LogP contribution >= 0.6 is 23.2 Å². The van der Waals surface area contributed by atoms with E-state index in [0.717, 1.165) is 4.57 Å². The summed E-state index contributed by atoms with van der Waals surface area (Å²) in [4.78, 5) is 55.7. The lowest BCUT2D eigenvalue weighted by molar-refractivity contribution is -0.0784. The summed E-state index contributed by atoms with van der Waals surface area (Å²) in [6.07, 6.45) is -3.98. The number of amides is 1. The number of nitrogens with zero attached hydrogens (tertiary/aromatic N) is 2. The van der Waals surface area contributed by atoms with Crippen LogP contribution in [0.2, 0.25) is 10.0 Å². The molecule has 10 nitrogen and oxygen atoms in total. The molecule has 0 spiro atoms. The Balaban J connectivity index is 1.37. The molecule has 1 fully saturated rings. The summed E-state index contributed by atoms with van der Waals surface area (Å²) in [5.41, 5.74) is -0.0774. The Morgan fingerprint density at radius 2 is 1.52 bits per heavy atom. The highest BCUT2D eigenvalue weighted by Gasteiger charge is 2.45. The molecule has 214 valence electrons. The van der Waals surface area contributed by atoms with E-state index in [0.29, 0.717) is 15.6 Å². The van der Waals surface area contributed by atoms with E-state index in [1.165, 1.54) is 60.8 Å². The first-order valence-corrected chi connectivity index (χ1v) is 13.5. The molecule has 4 aromatic rings. The maximum Gasteiger partial charge on any atom is 0.351 e. The highest BCUT2D eigenvalue weighted by atomic mass is 35.5. The Morgan fingerprint density at radius 3 is 2.14 bits per heavy atom. The lowest BCUT2D eigenvalue weighted by Gasteiger charge is -2.25. The summed E-state index contributed by atoms with van der Waals surface area (Å²) in [5, 5.41) is 14.3. The fourth-order valence-electron chi connectivity index (χ4n) is 4.42. The summed E-state index contributed by atoms with van der Waals surface area (Å²) < 4.78 is 12.7. The predicted molar refractivity (Wildman–Crippen MR) is 154 cm³/mol. The van der Waals surface area contributed by atoms with Crippen LogP contribution in [-0.4, -0.2) is 50.6 Å². The monoisotopic (exact) mass is 607 g/mol. The van der Waals surface area contributed by atoms with Crippen molar-refractivity contribution < 1.29 is 29.0 Å². The molecule has 1 aliphatic heterocycles. The van der Waals surface area contributed by atoms with E-state index >= 15 is 0 Å². The number of aliphatic hydroxyl groups is 1. The lowest BCUT2D eigenvalue weighted by atomic mass is 9.98. The maximum atomic E-state index is 13.5. The van der Waals surface area contributed by atoms with Gasteiger partial charge in [-0.15, -0.1) is 0 Å². The zero-order valence-electron chi connectivity index (χ0n) is 21.7. The minimum absolute atomic E-state index is 0.0212. The summed E-state index contributed by atoms with van der Waals surface area (Å²) in [7, 11) is 0. The molecule has 42 heavy (non-hydrogen) atoms. The Labute approximate surface area is 249 Å². The molecule has 1 saturated heterocycles. The number of ketones is 1. The highest BCUT2D eigenvalue weighted by Crippen LogP contribution is 2.32. The van der Waals surface area contributed by atoms with Crippen molar-refractivity contribution in [2.75, 3.05) is 5.32 Å². The molecule has 12 heteroatoms. The number of Topliss-reactive ketones (excluding diaryl/α,β-unsaturated/α-hetero) is 1. The van der Waals surface area contributed by atoms with E-state index < -0.39 is 47.9 Å². The minimum atomic E-state index is -1.57. The second-order valence-electron chi connectivity index (χ2n) is 9.39. The molecule has 0 aliphatic carbocycles. The van der Waals surface area contributed by atoms with Gasteiger partial charge in [-0.2, -0.15) is 4.98 Å². The zero-order chi connectivity index (χ0) is 29.8. The summed E-state index contributed by atoms with van der Waals surface area (Å²) >= 11 is 11.9. The van der Waals surface area contributed by atoms with Gasteiger partial charge in [0.25, 0.3) is 5.91 Å². The minimum Gasteiger partial charge on any atom is -0.447 e. The van der Waals surface area contributed by atoms with Gasteiger partial charge in [-0.05, 0) is 66.7 Å². The largest absolute Gasteiger partial charge is 0.447 e. The number of rotatable bonds is 8. The molecule has 2 heterocycles. The van der Waals surface area contributed by atoms with Crippen molar-refractivity contribution in [1.82, 2.24) is 9.55 Å². The Bertz CT molecular complexity index is 1660. The molecule has 5 rings (SSSR count). The Hall–Kier alpha value is -4.35. The third-order valence-electron chi connectivity index (χ3n) is 6.55. The maximum absolute atomic E-state index is 13.5. The quantitative estimate of drug-likeness (QED) is 0.220. The standard InChI is InChI=1S/C30H23Cl2N3O7/c31-20-10-6-17(7-11-20)25(37)27(42-29(39)19-8-12-21(32)13-9-19)26-22(36)16-24(41-26)35-15-14-23(34-30(35)40)33-28(38)18-4-2-1-3-5-18/h1-15,22,24,26-27,36H,16H2,(H,33,34,38,40)/t22-,24+,26-,27?/m0/s1. The molecule has 1 aliphatic rings. The van der Waals surface area contributed by atoms with Crippen molar-refractivity contribution in [3.05, 3.63) is 128 Å². The fraction of sp³-hybridized carbons (Fsp3) is 0.167. The van der Waals surface area contributed by atoms with Gasteiger partial charge in [0.1, 0.15) is 18.1 Å². The van der Waals surface area contributed by atoms with Gasteiger partial charge in [0.05, 0.1) is 11.7 Å². The van der Waals surface area contributed by atoms with Crippen molar-refractivity contribution in [1.29, 1.82) is 0 Å². The fourth-order valence-corrected chi connectivity index (χ4v) is 4.67. The van der Waals surface area contributed by atoms with Crippen molar-refractivity contribution in [2.24, 2.45) is 0 Å². The van der Waals surface area contributed by atoms with Crippen LogP contribution in [0.3, 0.4) is 0 Å². The molecule has 3 aromatic carbocycles. The van der Waals surface area contributed by atoms with Gasteiger partial charge < -0.3 is 19.9 Å². The van der Waals surface area contributed by atoms with Crippen molar-refractivity contribution in [2.45, 2.75) is 31.0 Å². The smallest absolute Gasteiger partial charge is 0.351 e. The van der Waals surface area contributed by atoms with Gasteiger partial charge in [-0.1, -0.05) is 41.4 Å². The summed E-state index contributed by atoms with van der Waals surface area (Å²) in [6.45, 7) is 0. The number of halogens is 2. The average molecular weight is 608 g/mol. The normalized spacial score (nSPS) is 18.7. The van der Waals surface area contributed by atoms with Gasteiger partial charge >= 0.3 is 11.7 Å². The van der Waals surface area contributed by atoms with Crippen molar-refractivity contribution in [3.63, 3.8) is 0 Å². The van der Waals surface area contributed by atoms with Crippen LogP contribution in [0, 0.1) is 0 Å². The first kappa shape index (κ1) is 29.2. The van der Waals surface area contributed by atoms with Gasteiger partial charge in [0, 0.05) is 33.8 Å². The summed E-state index contributed by atoms with van der Waals surface area (Å²) in [5.74, 6) is -1.90. The van der Waals surface area contributed by atoms with Crippen LogP contribution in [0.5, 0.6) is 0 Å². The third kappa shape index (κ3) is 6.58. The second kappa shape index (κ2) is 12.7. The number of carbonyl (C=O) groups is 3. The number of benzene rings is 3. The molecule has 1 unspecified atom stereocenters. The Kier molecular flexibility index (Phi) is 8.79. The van der Waals surface area contributed by atoms with E-state index in [9.17, 15) is 24.3 Å². The molecule has 0 radical (unpaired) electrons. The van der Waals surface area contributed by atoms with Gasteiger partial charge in [-0.25, -0.2) is 9.59 Å².